The Morgan fingerprint density at radius 1 is 1.53 bits per heavy atom. The lowest BCUT2D eigenvalue weighted by atomic mass is 10.5. The van der Waals surface area contributed by atoms with Crippen LogP contribution in [-0.4, -0.2) is 39.6 Å². The number of rotatable bonds is 8. The number of nitrogens with one attached hydrogen (secondary N) is 1. The van der Waals surface area contributed by atoms with Crippen molar-refractivity contribution in [2.75, 3.05) is 19.8 Å². The molecule has 0 saturated carbocycles. The lowest BCUT2D eigenvalue weighted by molar-refractivity contribution is 0.0199. The Morgan fingerprint density at radius 2 is 2.21 bits per heavy atom. The van der Waals surface area contributed by atoms with Gasteiger partial charge in [0.2, 0.25) is 10.0 Å². The molecule has 5 nitrogen and oxygen atoms in total. The van der Waals surface area contributed by atoms with Crippen LogP contribution in [0.2, 0.25) is 0 Å². The molecule has 1 heterocycles. The molecule has 0 unspecified atom stereocenters. The molecular weight excluding hydrogens is 318 g/mol. The predicted molar refractivity (Wildman–Crippen MR) is 72.2 cm³/mol. The lowest BCUT2D eigenvalue weighted by Gasteiger charge is -2.05. The van der Waals surface area contributed by atoms with Gasteiger partial charge >= 0.3 is 0 Å². The van der Waals surface area contributed by atoms with Gasteiger partial charge < -0.3 is 10.5 Å². The molecule has 10 heteroatoms. The second-order valence-electron chi connectivity index (χ2n) is 3.35. The Kier molecular flexibility index (Phi) is 6.20. The summed E-state index contributed by atoms with van der Waals surface area (Å²) in [4.78, 5) is 0.607. The molecule has 0 aliphatic rings. The third-order valence-electron chi connectivity index (χ3n) is 1.87. The van der Waals surface area contributed by atoms with Crippen LogP contribution in [0.3, 0.4) is 0 Å². The number of hydrogen-bond donors (Lipinski definition) is 2. The molecule has 0 atom stereocenters. The average Bonchev–Trinajstić information content (AvgIpc) is 2.77. The van der Waals surface area contributed by atoms with Crippen LogP contribution in [-0.2, 0) is 14.8 Å². The van der Waals surface area contributed by atoms with Crippen molar-refractivity contribution >= 4 is 38.6 Å². The van der Waals surface area contributed by atoms with Gasteiger partial charge in [-0.05, 0) is 12.1 Å². The van der Waals surface area contributed by atoms with Crippen molar-refractivity contribution in [2.45, 2.75) is 10.6 Å². The summed E-state index contributed by atoms with van der Waals surface area (Å²) >= 11 is 5.67. The van der Waals surface area contributed by atoms with Gasteiger partial charge in [0.25, 0.3) is 6.43 Å². The van der Waals surface area contributed by atoms with Crippen LogP contribution >= 0.6 is 23.6 Å². The monoisotopic (exact) mass is 330 g/mol. The quantitative estimate of drug-likeness (QED) is 0.548. The largest absolute Gasteiger partial charge is 0.389 e. The van der Waals surface area contributed by atoms with Gasteiger partial charge in [-0.2, -0.15) is 0 Å². The van der Waals surface area contributed by atoms with Gasteiger partial charge in [0.15, 0.2) is 0 Å². The molecule has 1 aromatic rings. The van der Waals surface area contributed by atoms with Crippen LogP contribution in [0, 0.1) is 0 Å². The third kappa shape index (κ3) is 5.45. The van der Waals surface area contributed by atoms with Crippen LogP contribution < -0.4 is 10.5 Å². The first-order valence-corrected chi connectivity index (χ1v) is 7.79. The van der Waals surface area contributed by atoms with Crippen LogP contribution in [0.1, 0.15) is 4.88 Å². The summed E-state index contributed by atoms with van der Waals surface area (Å²) in [6.07, 6.45) is -2.57. The molecule has 0 bridgehead atoms. The van der Waals surface area contributed by atoms with E-state index in [1.807, 2.05) is 0 Å². The Bertz CT molecular complexity index is 531. The predicted octanol–water partition coefficient (Wildman–Crippen LogP) is 0.942. The number of ether oxygens (including phenoxy) is 1. The molecule has 1 aromatic heterocycles. The third-order valence-corrected chi connectivity index (χ3v) is 5.29. The molecule has 3 N–H and O–H groups in total. The fourth-order valence-corrected chi connectivity index (χ4v) is 3.50. The lowest BCUT2D eigenvalue weighted by Crippen LogP contribution is -2.27. The van der Waals surface area contributed by atoms with E-state index in [9.17, 15) is 17.2 Å². The van der Waals surface area contributed by atoms with Crippen molar-refractivity contribution in [1.82, 2.24) is 4.72 Å². The molecule has 0 aliphatic heterocycles. The molecular formula is C9H12F2N2O3S3. The fourth-order valence-electron chi connectivity index (χ4n) is 1.09. The van der Waals surface area contributed by atoms with E-state index in [1.54, 1.807) is 0 Å². The van der Waals surface area contributed by atoms with Gasteiger partial charge in [0.1, 0.15) is 15.8 Å². The van der Waals surface area contributed by atoms with E-state index in [0.29, 0.717) is 4.88 Å². The highest BCUT2D eigenvalue weighted by atomic mass is 32.2. The highest BCUT2D eigenvalue weighted by Crippen LogP contribution is 2.21. The zero-order valence-corrected chi connectivity index (χ0v) is 12.1. The summed E-state index contributed by atoms with van der Waals surface area (Å²) in [6.45, 7) is -0.932. The zero-order valence-electron chi connectivity index (χ0n) is 9.64. The number of thiocarbonyl (C=S) groups is 1. The van der Waals surface area contributed by atoms with Crippen molar-refractivity contribution in [1.29, 1.82) is 0 Å². The molecule has 19 heavy (non-hydrogen) atoms. The zero-order chi connectivity index (χ0) is 14.5. The van der Waals surface area contributed by atoms with E-state index in [1.165, 1.54) is 12.1 Å². The van der Waals surface area contributed by atoms with Crippen LogP contribution in [0.25, 0.3) is 0 Å². The van der Waals surface area contributed by atoms with Gasteiger partial charge in [-0.3, -0.25) is 0 Å². The van der Waals surface area contributed by atoms with Crippen LogP contribution in [0.15, 0.2) is 16.3 Å². The Labute approximate surface area is 118 Å². The Balaban J connectivity index is 2.49. The van der Waals surface area contributed by atoms with E-state index < -0.39 is 23.1 Å². The molecule has 0 amide bonds. The average molecular weight is 330 g/mol. The minimum absolute atomic E-state index is 0.0594. The van der Waals surface area contributed by atoms with Crippen molar-refractivity contribution in [2.24, 2.45) is 5.73 Å². The number of hydrogen-bond acceptors (Lipinski definition) is 5. The van der Waals surface area contributed by atoms with Crippen molar-refractivity contribution < 1.29 is 21.9 Å². The van der Waals surface area contributed by atoms with Gasteiger partial charge in [0.05, 0.1) is 11.5 Å². The maximum Gasteiger partial charge on any atom is 0.261 e. The van der Waals surface area contributed by atoms with Crippen molar-refractivity contribution in [3.8, 4) is 0 Å². The van der Waals surface area contributed by atoms with Gasteiger partial charge in [-0.25, -0.2) is 21.9 Å². The van der Waals surface area contributed by atoms with E-state index in [2.05, 4.69) is 9.46 Å². The maximum atomic E-state index is 11.8. The maximum absolute atomic E-state index is 11.8. The van der Waals surface area contributed by atoms with Crippen LogP contribution in [0.5, 0.6) is 0 Å². The summed E-state index contributed by atoms with van der Waals surface area (Å²) in [7, 11) is -3.69. The number of thiophene rings is 1. The van der Waals surface area contributed by atoms with Crippen LogP contribution in [0.4, 0.5) is 8.78 Å². The summed E-state index contributed by atoms with van der Waals surface area (Å²) in [5.74, 6) is 0. The number of alkyl halides is 2. The van der Waals surface area contributed by atoms with Gasteiger partial charge in [-0.15, -0.1) is 11.3 Å². The van der Waals surface area contributed by atoms with E-state index in [4.69, 9.17) is 18.0 Å². The fraction of sp³-hybridized carbons (Fsp3) is 0.444. The van der Waals surface area contributed by atoms with Crippen molar-refractivity contribution in [3.05, 3.63) is 17.0 Å². The topological polar surface area (TPSA) is 81.4 Å². The SMILES string of the molecule is NC(=S)c1ccc(S(=O)(=O)NCCOCC(F)F)s1. The summed E-state index contributed by atoms with van der Waals surface area (Å²) in [5.41, 5.74) is 5.37. The number of sulfonamides is 1. The standard InChI is InChI=1S/C9H12F2N2O3S3/c10-7(11)5-16-4-3-13-19(14,15)8-2-1-6(18-8)9(12)17/h1-2,7,13H,3-5H2,(H2,12,17). The molecule has 108 valence electrons. The first-order chi connectivity index (χ1) is 8.83. The molecule has 1 rings (SSSR count). The van der Waals surface area contributed by atoms with E-state index >= 15 is 0 Å². The highest BCUT2D eigenvalue weighted by Gasteiger charge is 2.17. The highest BCUT2D eigenvalue weighted by molar-refractivity contribution is 7.91. The Morgan fingerprint density at radius 3 is 2.74 bits per heavy atom. The van der Waals surface area contributed by atoms with Gasteiger partial charge in [0, 0.05) is 6.54 Å². The van der Waals surface area contributed by atoms with E-state index in [-0.39, 0.29) is 22.3 Å². The molecule has 0 aliphatic carbocycles. The molecule has 0 fully saturated rings. The minimum Gasteiger partial charge on any atom is -0.389 e. The molecule has 0 aromatic carbocycles. The first-order valence-electron chi connectivity index (χ1n) is 5.08. The summed E-state index contributed by atoms with van der Waals surface area (Å²) < 4.78 is 53.9. The summed E-state index contributed by atoms with van der Waals surface area (Å²) in [6, 6.07) is 2.89. The normalized spacial score (nSPS) is 11.9. The molecule has 0 radical (unpaired) electrons. The smallest absolute Gasteiger partial charge is 0.261 e. The van der Waals surface area contributed by atoms with Gasteiger partial charge in [-0.1, -0.05) is 12.2 Å². The molecule has 0 spiro atoms. The molecule has 0 saturated heterocycles. The van der Waals surface area contributed by atoms with E-state index in [0.717, 1.165) is 11.3 Å². The van der Waals surface area contributed by atoms with Crippen molar-refractivity contribution in [3.63, 3.8) is 0 Å². The minimum atomic E-state index is -3.69. The second kappa shape index (κ2) is 7.20. The summed E-state index contributed by atoms with van der Waals surface area (Å²) in [5, 5.41) is 0. The first kappa shape index (κ1) is 16.4. The Hall–Kier alpha value is -0.680. The second-order valence-corrected chi connectivity index (χ2v) is 6.86. The number of nitrogens with two attached hydrogens (primary N) is 1. The number of halogens is 2.